The molecule has 1 rings (SSSR count). The topological polar surface area (TPSA) is 57.5 Å². The van der Waals surface area contributed by atoms with Crippen molar-refractivity contribution in [3.8, 4) is 0 Å². The Labute approximate surface area is 59.7 Å². The highest BCUT2D eigenvalue weighted by atomic mass is 16.4. The fourth-order valence-electron chi connectivity index (χ4n) is 1.78. The standard InChI is InChI=1S/C7H12O3/c1-6(5(8)9)3-7(2,10)4-6/h10H,3-4H2,1-2H3,(H,8,9). The van der Waals surface area contributed by atoms with Gasteiger partial charge in [-0.15, -0.1) is 0 Å². The minimum Gasteiger partial charge on any atom is -0.481 e. The lowest BCUT2D eigenvalue weighted by molar-refractivity contribution is -0.173. The van der Waals surface area contributed by atoms with E-state index in [4.69, 9.17) is 5.11 Å². The fourth-order valence-corrected chi connectivity index (χ4v) is 1.78. The van der Waals surface area contributed by atoms with Crippen LogP contribution in [0.15, 0.2) is 0 Å². The molecule has 0 radical (unpaired) electrons. The van der Waals surface area contributed by atoms with Crippen molar-refractivity contribution in [3.05, 3.63) is 0 Å². The van der Waals surface area contributed by atoms with Gasteiger partial charge in [0.1, 0.15) is 0 Å². The highest BCUT2D eigenvalue weighted by molar-refractivity contribution is 5.75. The molecule has 3 nitrogen and oxygen atoms in total. The molecule has 0 aromatic heterocycles. The number of carboxylic acids is 1. The predicted octanol–water partition coefficient (Wildman–Crippen LogP) is 0.622. The molecular formula is C7H12O3. The number of hydrogen-bond donors (Lipinski definition) is 2. The van der Waals surface area contributed by atoms with Gasteiger partial charge in [0.05, 0.1) is 11.0 Å². The van der Waals surface area contributed by atoms with Gasteiger partial charge in [-0.2, -0.15) is 0 Å². The van der Waals surface area contributed by atoms with Crippen molar-refractivity contribution >= 4 is 5.97 Å². The Hall–Kier alpha value is -0.570. The molecule has 0 spiro atoms. The third-order valence-electron chi connectivity index (χ3n) is 2.06. The van der Waals surface area contributed by atoms with Crippen LogP contribution in [0.3, 0.4) is 0 Å². The summed E-state index contributed by atoms with van der Waals surface area (Å²) in [6.45, 7) is 3.32. The third kappa shape index (κ3) is 1.01. The van der Waals surface area contributed by atoms with Crippen molar-refractivity contribution in [1.29, 1.82) is 0 Å². The van der Waals surface area contributed by atoms with Gasteiger partial charge in [0.25, 0.3) is 0 Å². The summed E-state index contributed by atoms with van der Waals surface area (Å²) in [5, 5.41) is 17.8. The Bertz CT molecular complexity index is 164. The van der Waals surface area contributed by atoms with Gasteiger partial charge in [-0.25, -0.2) is 0 Å². The molecule has 3 heteroatoms. The molecule has 0 heterocycles. The molecule has 0 saturated heterocycles. The molecule has 0 atom stereocenters. The zero-order valence-electron chi connectivity index (χ0n) is 6.22. The van der Waals surface area contributed by atoms with Crippen molar-refractivity contribution in [2.45, 2.75) is 32.3 Å². The molecule has 0 aromatic carbocycles. The van der Waals surface area contributed by atoms with E-state index in [2.05, 4.69) is 0 Å². The van der Waals surface area contributed by atoms with E-state index in [0.717, 1.165) is 0 Å². The lowest BCUT2D eigenvalue weighted by Gasteiger charge is -2.46. The normalized spacial score (nSPS) is 46.3. The second-order valence-electron chi connectivity index (χ2n) is 3.72. The summed E-state index contributed by atoms with van der Waals surface area (Å²) in [5.74, 6) is -0.806. The van der Waals surface area contributed by atoms with Crippen molar-refractivity contribution < 1.29 is 15.0 Å². The molecule has 0 bridgehead atoms. The van der Waals surface area contributed by atoms with Gasteiger partial charge in [-0.3, -0.25) is 4.79 Å². The van der Waals surface area contributed by atoms with E-state index < -0.39 is 17.0 Å². The number of hydrogen-bond acceptors (Lipinski definition) is 2. The van der Waals surface area contributed by atoms with E-state index in [1.807, 2.05) is 0 Å². The number of carboxylic acid groups (broad SMARTS) is 1. The van der Waals surface area contributed by atoms with Crippen molar-refractivity contribution in [3.63, 3.8) is 0 Å². The van der Waals surface area contributed by atoms with Crippen LogP contribution in [0.2, 0.25) is 0 Å². The molecule has 1 saturated carbocycles. The Kier molecular flexibility index (Phi) is 1.30. The van der Waals surface area contributed by atoms with E-state index in [1.165, 1.54) is 0 Å². The Morgan fingerprint density at radius 2 is 1.80 bits per heavy atom. The van der Waals surface area contributed by atoms with Gasteiger partial charge in [0, 0.05) is 0 Å². The number of aliphatic carboxylic acids is 1. The minimum absolute atomic E-state index is 0.370. The maximum atomic E-state index is 10.5. The van der Waals surface area contributed by atoms with Crippen LogP contribution in [0.1, 0.15) is 26.7 Å². The van der Waals surface area contributed by atoms with Crippen LogP contribution < -0.4 is 0 Å². The SMILES string of the molecule is CC1(O)CC(C)(C(=O)O)C1. The van der Waals surface area contributed by atoms with Gasteiger partial charge >= 0.3 is 5.97 Å². The second-order valence-corrected chi connectivity index (χ2v) is 3.72. The van der Waals surface area contributed by atoms with E-state index in [0.29, 0.717) is 12.8 Å². The summed E-state index contributed by atoms with van der Waals surface area (Å²) in [4.78, 5) is 10.5. The Morgan fingerprint density at radius 3 is 1.90 bits per heavy atom. The van der Waals surface area contributed by atoms with Gasteiger partial charge in [0.2, 0.25) is 0 Å². The molecule has 1 aliphatic rings. The summed E-state index contributed by atoms with van der Waals surface area (Å²) in [7, 11) is 0. The van der Waals surface area contributed by atoms with Gasteiger partial charge in [-0.05, 0) is 26.7 Å². The molecule has 1 aliphatic carbocycles. The maximum Gasteiger partial charge on any atom is 0.309 e. The smallest absolute Gasteiger partial charge is 0.309 e. The third-order valence-corrected chi connectivity index (χ3v) is 2.06. The van der Waals surface area contributed by atoms with E-state index in [9.17, 15) is 9.90 Å². The van der Waals surface area contributed by atoms with Crippen LogP contribution in [0.5, 0.6) is 0 Å². The lowest BCUT2D eigenvalue weighted by atomic mass is 9.61. The first kappa shape index (κ1) is 7.54. The molecule has 0 aromatic rings. The predicted molar refractivity (Wildman–Crippen MR) is 35.6 cm³/mol. The maximum absolute atomic E-state index is 10.5. The van der Waals surface area contributed by atoms with E-state index in [1.54, 1.807) is 13.8 Å². The van der Waals surface area contributed by atoms with Crippen LogP contribution in [0, 0.1) is 5.41 Å². The lowest BCUT2D eigenvalue weighted by Crippen LogP contribution is -2.52. The van der Waals surface area contributed by atoms with E-state index in [-0.39, 0.29) is 0 Å². The average Bonchev–Trinajstić information content (AvgIpc) is 1.59. The summed E-state index contributed by atoms with van der Waals surface area (Å²) in [5.41, 5.74) is -1.42. The van der Waals surface area contributed by atoms with Gasteiger partial charge in [-0.1, -0.05) is 0 Å². The van der Waals surface area contributed by atoms with Crippen molar-refractivity contribution in [2.75, 3.05) is 0 Å². The zero-order valence-corrected chi connectivity index (χ0v) is 6.22. The number of rotatable bonds is 1. The summed E-state index contributed by atoms with van der Waals surface area (Å²) in [6, 6.07) is 0. The van der Waals surface area contributed by atoms with Gasteiger partial charge < -0.3 is 10.2 Å². The first-order valence-electron chi connectivity index (χ1n) is 3.32. The molecule has 1 fully saturated rings. The van der Waals surface area contributed by atoms with Crippen molar-refractivity contribution in [2.24, 2.45) is 5.41 Å². The highest BCUT2D eigenvalue weighted by Crippen LogP contribution is 2.47. The number of carbonyl (C=O) groups is 1. The molecule has 0 unspecified atom stereocenters. The minimum atomic E-state index is -0.806. The first-order chi connectivity index (χ1) is 4.36. The monoisotopic (exact) mass is 144 g/mol. The zero-order chi connectivity index (χ0) is 7.99. The molecule has 0 amide bonds. The van der Waals surface area contributed by atoms with Crippen molar-refractivity contribution in [1.82, 2.24) is 0 Å². The highest BCUT2D eigenvalue weighted by Gasteiger charge is 2.52. The van der Waals surface area contributed by atoms with Crippen LogP contribution in [-0.2, 0) is 4.79 Å². The largest absolute Gasteiger partial charge is 0.481 e. The van der Waals surface area contributed by atoms with E-state index >= 15 is 0 Å². The van der Waals surface area contributed by atoms with Gasteiger partial charge in [0.15, 0.2) is 0 Å². The quantitative estimate of drug-likeness (QED) is 0.567. The summed E-state index contributed by atoms with van der Waals surface area (Å²) >= 11 is 0. The molecule has 2 N–H and O–H groups in total. The second kappa shape index (κ2) is 1.72. The average molecular weight is 144 g/mol. The van der Waals surface area contributed by atoms with Crippen LogP contribution in [0.4, 0.5) is 0 Å². The van der Waals surface area contributed by atoms with Crippen LogP contribution >= 0.6 is 0 Å². The van der Waals surface area contributed by atoms with Crippen LogP contribution in [0.25, 0.3) is 0 Å². The fraction of sp³-hybridized carbons (Fsp3) is 0.857. The molecule has 0 aliphatic heterocycles. The Morgan fingerprint density at radius 1 is 1.40 bits per heavy atom. The Balaban J connectivity index is 2.58. The first-order valence-corrected chi connectivity index (χ1v) is 3.32. The molecule has 10 heavy (non-hydrogen) atoms. The number of aliphatic hydroxyl groups is 1. The molecular weight excluding hydrogens is 132 g/mol. The van der Waals surface area contributed by atoms with Crippen LogP contribution in [-0.4, -0.2) is 21.8 Å². The summed E-state index contributed by atoms with van der Waals surface area (Å²) in [6.07, 6.45) is 0.741. The summed E-state index contributed by atoms with van der Waals surface area (Å²) < 4.78 is 0. The molecule has 58 valence electrons.